The molecule has 0 spiro atoms. The lowest BCUT2D eigenvalue weighted by atomic mass is 10.1. The maximum atomic E-state index is 5.61. The lowest BCUT2D eigenvalue weighted by molar-refractivity contribution is 0.242. The molecule has 0 aliphatic rings. The average molecular weight is 221 g/mol. The molecule has 90 valence electrons. The minimum absolute atomic E-state index is 0.247. The lowest BCUT2D eigenvalue weighted by Gasteiger charge is -2.14. The zero-order valence-electron chi connectivity index (χ0n) is 10.9. The first-order valence-corrected chi connectivity index (χ1v) is 6.06. The van der Waals surface area contributed by atoms with Gasteiger partial charge >= 0.3 is 0 Å². The normalized spacial score (nSPS) is 11.1. The van der Waals surface area contributed by atoms with Gasteiger partial charge in [0.2, 0.25) is 0 Å². The largest absolute Gasteiger partial charge is 0.491 e. The molecule has 1 rings (SSSR count). The van der Waals surface area contributed by atoms with Gasteiger partial charge in [0, 0.05) is 6.54 Å². The van der Waals surface area contributed by atoms with Gasteiger partial charge in [-0.2, -0.15) is 0 Å². The molecule has 0 saturated carbocycles. The van der Waals surface area contributed by atoms with Crippen LogP contribution in [0.4, 0.5) is 0 Å². The Morgan fingerprint density at radius 3 is 2.31 bits per heavy atom. The molecule has 1 aromatic carbocycles. The molecule has 0 atom stereocenters. The fraction of sp³-hybridized carbons (Fsp3) is 0.571. The molecule has 0 heterocycles. The minimum atomic E-state index is 0.247. The first-order chi connectivity index (χ1) is 7.61. The van der Waals surface area contributed by atoms with Crippen LogP contribution in [0.5, 0.6) is 5.75 Å². The highest BCUT2D eigenvalue weighted by Crippen LogP contribution is 2.14. The lowest BCUT2D eigenvalue weighted by Crippen LogP contribution is -2.20. The van der Waals surface area contributed by atoms with Crippen molar-refractivity contribution in [2.75, 3.05) is 20.1 Å². The first kappa shape index (κ1) is 13.0. The van der Waals surface area contributed by atoms with E-state index >= 15 is 0 Å². The smallest absolute Gasteiger partial charge is 0.119 e. The zero-order chi connectivity index (χ0) is 12.0. The van der Waals surface area contributed by atoms with Gasteiger partial charge < -0.3 is 9.64 Å². The van der Waals surface area contributed by atoms with Crippen LogP contribution in [0, 0.1) is 0 Å². The van der Waals surface area contributed by atoms with Crippen molar-refractivity contribution in [2.24, 2.45) is 0 Å². The van der Waals surface area contributed by atoms with Crippen LogP contribution >= 0.6 is 0 Å². The Hall–Kier alpha value is -1.02. The summed E-state index contributed by atoms with van der Waals surface area (Å²) >= 11 is 0. The summed E-state index contributed by atoms with van der Waals surface area (Å²) in [5, 5.41) is 0. The van der Waals surface area contributed by atoms with Crippen LogP contribution < -0.4 is 4.74 Å². The molecule has 0 N–H and O–H groups in total. The van der Waals surface area contributed by atoms with Crippen molar-refractivity contribution in [1.82, 2.24) is 4.90 Å². The molecule has 0 aromatic heterocycles. The Labute approximate surface area is 99.2 Å². The topological polar surface area (TPSA) is 12.5 Å². The minimum Gasteiger partial charge on any atom is -0.491 e. The summed E-state index contributed by atoms with van der Waals surface area (Å²) in [6.45, 7) is 8.49. The van der Waals surface area contributed by atoms with Crippen LogP contribution in [0.1, 0.15) is 26.3 Å². The number of hydrogen-bond donors (Lipinski definition) is 0. The fourth-order valence-corrected chi connectivity index (χ4v) is 1.48. The highest BCUT2D eigenvalue weighted by atomic mass is 16.5. The van der Waals surface area contributed by atoms with E-state index in [1.165, 1.54) is 5.56 Å². The molecule has 0 radical (unpaired) electrons. The quantitative estimate of drug-likeness (QED) is 0.732. The van der Waals surface area contributed by atoms with Gasteiger partial charge in [-0.15, -0.1) is 0 Å². The summed E-state index contributed by atoms with van der Waals surface area (Å²) in [6.07, 6.45) is 1.35. The summed E-state index contributed by atoms with van der Waals surface area (Å²) in [7, 11) is 2.15. The van der Waals surface area contributed by atoms with E-state index in [0.29, 0.717) is 0 Å². The van der Waals surface area contributed by atoms with E-state index in [2.05, 4.69) is 43.1 Å². The molecule has 2 nitrogen and oxygen atoms in total. The van der Waals surface area contributed by atoms with Crippen LogP contribution in [-0.4, -0.2) is 31.1 Å². The molecule has 0 aliphatic carbocycles. The van der Waals surface area contributed by atoms with Gasteiger partial charge in [0.05, 0.1) is 6.10 Å². The van der Waals surface area contributed by atoms with E-state index in [1.807, 2.05) is 13.8 Å². The second-order valence-electron chi connectivity index (χ2n) is 4.46. The summed E-state index contributed by atoms with van der Waals surface area (Å²) in [5.74, 6) is 0.961. The van der Waals surface area contributed by atoms with E-state index in [4.69, 9.17) is 4.74 Å². The maximum Gasteiger partial charge on any atom is 0.119 e. The van der Waals surface area contributed by atoms with E-state index in [9.17, 15) is 0 Å². The standard InChI is InChI=1S/C14H23NO/c1-5-15(4)11-10-13-6-8-14(9-7-13)16-12(2)3/h6-9,12H,5,10-11H2,1-4H3. The summed E-state index contributed by atoms with van der Waals surface area (Å²) in [6, 6.07) is 8.42. The predicted molar refractivity (Wildman–Crippen MR) is 69.1 cm³/mol. The third kappa shape index (κ3) is 4.67. The number of likely N-dealkylation sites (N-methyl/N-ethyl adjacent to an activating group) is 1. The van der Waals surface area contributed by atoms with Crippen LogP contribution in [0.3, 0.4) is 0 Å². The molecule has 0 unspecified atom stereocenters. The van der Waals surface area contributed by atoms with Gasteiger partial charge in [0.1, 0.15) is 5.75 Å². The average Bonchev–Trinajstić information content (AvgIpc) is 2.27. The van der Waals surface area contributed by atoms with Gasteiger partial charge in [-0.05, 0) is 51.6 Å². The summed E-state index contributed by atoms with van der Waals surface area (Å²) < 4.78 is 5.61. The monoisotopic (exact) mass is 221 g/mol. The molecular formula is C14H23NO. The van der Waals surface area contributed by atoms with Crippen molar-refractivity contribution in [2.45, 2.75) is 33.3 Å². The Balaban J connectivity index is 2.45. The zero-order valence-corrected chi connectivity index (χ0v) is 10.9. The Bertz CT molecular complexity index is 292. The molecule has 16 heavy (non-hydrogen) atoms. The molecule has 0 fully saturated rings. The van der Waals surface area contributed by atoms with E-state index < -0.39 is 0 Å². The molecule has 0 amide bonds. The van der Waals surface area contributed by atoms with Crippen molar-refractivity contribution in [1.29, 1.82) is 0 Å². The summed E-state index contributed by atoms with van der Waals surface area (Å²) in [4.78, 5) is 2.32. The van der Waals surface area contributed by atoms with Crippen molar-refractivity contribution in [3.05, 3.63) is 29.8 Å². The van der Waals surface area contributed by atoms with Crippen molar-refractivity contribution in [3.8, 4) is 5.75 Å². The molecule has 2 heteroatoms. The Morgan fingerprint density at radius 2 is 1.81 bits per heavy atom. The number of ether oxygens (including phenoxy) is 1. The van der Waals surface area contributed by atoms with Gasteiger partial charge in [0.15, 0.2) is 0 Å². The van der Waals surface area contributed by atoms with Crippen molar-refractivity contribution >= 4 is 0 Å². The fourth-order valence-electron chi connectivity index (χ4n) is 1.48. The predicted octanol–water partition coefficient (Wildman–Crippen LogP) is 2.97. The third-order valence-corrected chi connectivity index (χ3v) is 2.62. The van der Waals surface area contributed by atoms with Crippen LogP contribution in [0.15, 0.2) is 24.3 Å². The van der Waals surface area contributed by atoms with Crippen molar-refractivity contribution < 1.29 is 4.74 Å². The Morgan fingerprint density at radius 1 is 1.19 bits per heavy atom. The third-order valence-electron chi connectivity index (χ3n) is 2.62. The number of rotatable bonds is 6. The second-order valence-corrected chi connectivity index (χ2v) is 4.46. The second kappa shape index (κ2) is 6.54. The van der Waals surface area contributed by atoms with Gasteiger partial charge in [-0.25, -0.2) is 0 Å². The van der Waals surface area contributed by atoms with Gasteiger partial charge in [0.25, 0.3) is 0 Å². The molecular weight excluding hydrogens is 198 g/mol. The summed E-state index contributed by atoms with van der Waals surface area (Å²) in [5.41, 5.74) is 1.37. The highest BCUT2D eigenvalue weighted by Gasteiger charge is 1.99. The first-order valence-electron chi connectivity index (χ1n) is 6.06. The highest BCUT2D eigenvalue weighted by molar-refractivity contribution is 5.27. The van der Waals surface area contributed by atoms with Crippen LogP contribution in [0.2, 0.25) is 0 Å². The van der Waals surface area contributed by atoms with E-state index in [0.717, 1.165) is 25.3 Å². The molecule has 0 aliphatic heterocycles. The Kier molecular flexibility index (Phi) is 5.33. The van der Waals surface area contributed by atoms with E-state index in [-0.39, 0.29) is 6.10 Å². The van der Waals surface area contributed by atoms with Gasteiger partial charge in [-0.3, -0.25) is 0 Å². The molecule has 1 aromatic rings. The van der Waals surface area contributed by atoms with Crippen LogP contribution in [-0.2, 0) is 6.42 Å². The maximum absolute atomic E-state index is 5.61. The van der Waals surface area contributed by atoms with Crippen molar-refractivity contribution in [3.63, 3.8) is 0 Å². The number of hydrogen-bond acceptors (Lipinski definition) is 2. The van der Waals surface area contributed by atoms with Gasteiger partial charge in [-0.1, -0.05) is 19.1 Å². The molecule has 0 bridgehead atoms. The van der Waals surface area contributed by atoms with Crippen LogP contribution in [0.25, 0.3) is 0 Å². The van der Waals surface area contributed by atoms with E-state index in [1.54, 1.807) is 0 Å². The number of nitrogens with zero attached hydrogens (tertiary/aromatic N) is 1. The number of benzene rings is 1. The SMILES string of the molecule is CCN(C)CCc1ccc(OC(C)C)cc1. The molecule has 0 saturated heterocycles.